The molecule has 0 aliphatic rings. The van der Waals surface area contributed by atoms with Crippen LogP contribution >= 0.6 is 0 Å². The number of esters is 1. The third-order valence-electron chi connectivity index (χ3n) is 0.912. The molecule has 0 spiro atoms. The predicted molar refractivity (Wildman–Crippen MR) is 37.4 cm³/mol. The van der Waals surface area contributed by atoms with E-state index in [0.717, 1.165) is 0 Å². The van der Waals surface area contributed by atoms with Crippen molar-refractivity contribution in [3.63, 3.8) is 0 Å². The molecule has 10 heavy (non-hydrogen) atoms. The molecule has 0 N–H and O–H groups in total. The SMILES string of the molecule is C[CH]C(=O)OCCOCC. The van der Waals surface area contributed by atoms with Gasteiger partial charge in [0.1, 0.15) is 6.61 Å². The van der Waals surface area contributed by atoms with Gasteiger partial charge in [0.05, 0.1) is 13.0 Å². The fourth-order valence-electron chi connectivity index (χ4n) is 0.429. The van der Waals surface area contributed by atoms with Crippen LogP contribution in [0.4, 0.5) is 0 Å². The molecule has 0 aromatic rings. The minimum absolute atomic E-state index is 0.292. The van der Waals surface area contributed by atoms with Crippen LogP contribution in [-0.2, 0) is 14.3 Å². The Bertz CT molecular complexity index is 90.9. The molecule has 59 valence electrons. The van der Waals surface area contributed by atoms with Crippen molar-refractivity contribution in [1.82, 2.24) is 0 Å². The minimum atomic E-state index is -0.292. The predicted octanol–water partition coefficient (Wildman–Crippen LogP) is 0.790. The van der Waals surface area contributed by atoms with E-state index in [1.807, 2.05) is 6.92 Å². The maximum Gasteiger partial charge on any atom is 0.309 e. The molecule has 0 aliphatic carbocycles. The Morgan fingerprint density at radius 3 is 2.70 bits per heavy atom. The quantitative estimate of drug-likeness (QED) is 0.424. The summed E-state index contributed by atoms with van der Waals surface area (Å²) in [5, 5.41) is 0. The molecule has 0 saturated carbocycles. The van der Waals surface area contributed by atoms with Gasteiger partial charge in [-0.2, -0.15) is 0 Å². The van der Waals surface area contributed by atoms with Crippen molar-refractivity contribution in [2.75, 3.05) is 19.8 Å². The van der Waals surface area contributed by atoms with E-state index in [1.165, 1.54) is 6.42 Å². The molecule has 0 aliphatic heterocycles. The maximum absolute atomic E-state index is 10.4. The summed E-state index contributed by atoms with van der Waals surface area (Å²) in [6, 6.07) is 0. The van der Waals surface area contributed by atoms with Crippen molar-refractivity contribution in [3.8, 4) is 0 Å². The van der Waals surface area contributed by atoms with Crippen molar-refractivity contribution in [1.29, 1.82) is 0 Å². The lowest BCUT2D eigenvalue weighted by Gasteiger charge is -2.01. The molecule has 1 radical (unpaired) electrons. The zero-order chi connectivity index (χ0) is 7.82. The van der Waals surface area contributed by atoms with Crippen molar-refractivity contribution < 1.29 is 14.3 Å². The molecule has 0 fully saturated rings. The summed E-state index contributed by atoms with van der Waals surface area (Å²) >= 11 is 0. The molecule has 0 aromatic carbocycles. The molecular formula is C7H13O3. The monoisotopic (exact) mass is 145 g/mol. The van der Waals surface area contributed by atoms with Crippen molar-refractivity contribution in [3.05, 3.63) is 6.42 Å². The lowest BCUT2D eigenvalue weighted by molar-refractivity contribution is -0.140. The Hall–Kier alpha value is -0.570. The Kier molecular flexibility index (Phi) is 6.18. The van der Waals surface area contributed by atoms with Crippen molar-refractivity contribution >= 4 is 5.97 Å². The lowest BCUT2D eigenvalue weighted by Crippen LogP contribution is -2.09. The van der Waals surface area contributed by atoms with E-state index in [2.05, 4.69) is 4.74 Å². The van der Waals surface area contributed by atoms with Crippen LogP contribution in [0.3, 0.4) is 0 Å². The number of hydrogen-bond acceptors (Lipinski definition) is 3. The average Bonchev–Trinajstić information content (AvgIpc) is 1.98. The summed E-state index contributed by atoms with van der Waals surface area (Å²) < 4.78 is 9.61. The normalized spacial score (nSPS) is 9.40. The van der Waals surface area contributed by atoms with Crippen molar-refractivity contribution in [2.24, 2.45) is 0 Å². The van der Waals surface area contributed by atoms with E-state index in [-0.39, 0.29) is 5.97 Å². The summed E-state index contributed by atoms with van der Waals surface area (Å²) in [6.07, 6.45) is 1.38. The Balaban J connectivity index is 2.96. The third-order valence-corrected chi connectivity index (χ3v) is 0.912. The number of hydrogen-bond donors (Lipinski definition) is 0. The number of ether oxygens (including phenoxy) is 2. The number of rotatable bonds is 5. The average molecular weight is 145 g/mol. The molecule has 3 heteroatoms. The lowest BCUT2D eigenvalue weighted by atomic mass is 10.5. The van der Waals surface area contributed by atoms with Gasteiger partial charge in [0.25, 0.3) is 0 Å². The fraction of sp³-hybridized carbons (Fsp3) is 0.714. The highest BCUT2D eigenvalue weighted by molar-refractivity contribution is 5.78. The van der Waals surface area contributed by atoms with Gasteiger partial charge in [0, 0.05) is 6.61 Å². The van der Waals surface area contributed by atoms with Gasteiger partial charge in [-0.15, -0.1) is 0 Å². The van der Waals surface area contributed by atoms with Gasteiger partial charge in [-0.25, -0.2) is 0 Å². The highest BCUT2D eigenvalue weighted by Crippen LogP contribution is 1.82. The van der Waals surface area contributed by atoms with Crippen LogP contribution in [0.1, 0.15) is 13.8 Å². The van der Waals surface area contributed by atoms with Gasteiger partial charge >= 0.3 is 5.97 Å². The largest absolute Gasteiger partial charge is 0.463 e. The van der Waals surface area contributed by atoms with E-state index < -0.39 is 0 Å². The maximum atomic E-state index is 10.4. The third kappa shape index (κ3) is 5.56. The molecule has 0 amide bonds. The molecule has 0 heterocycles. The van der Waals surface area contributed by atoms with Gasteiger partial charge in [0.15, 0.2) is 0 Å². The summed E-state index contributed by atoms with van der Waals surface area (Å²) in [6.45, 7) is 5.03. The molecule has 0 rings (SSSR count). The van der Waals surface area contributed by atoms with Gasteiger partial charge in [0.2, 0.25) is 0 Å². The van der Waals surface area contributed by atoms with Crippen LogP contribution < -0.4 is 0 Å². The van der Waals surface area contributed by atoms with Crippen LogP contribution in [0, 0.1) is 6.42 Å². The summed E-state index contributed by atoms with van der Waals surface area (Å²) in [7, 11) is 0. The second kappa shape index (κ2) is 6.55. The summed E-state index contributed by atoms with van der Waals surface area (Å²) in [4.78, 5) is 10.4. The first kappa shape index (κ1) is 9.43. The van der Waals surface area contributed by atoms with E-state index in [1.54, 1.807) is 6.92 Å². The number of carbonyl (C=O) groups excluding carboxylic acids is 1. The van der Waals surface area contributed by atoms with E-state index in [0.29, 0.717) is 19.8 Å². The van der Waals surface area contributed by atoms with Crippen molar-refractivity contribution in [2.45, 2.75) is 13.8 Å². The van der Waals surface area contributed by atoms with Gasteiger partial charge in [-0.1, -0.05) is 6.92 Å². The molecule has 0 saturated heterocycles. The first-order valence-corrected chi connectivity index (χ1v) is 3.35. The van der Waals surface area contributed by atoms with E-state index in [9.17, 15) is 4.79 Å². The first-order valence-electron chi connectivity index (χ1n) is 3.35. The van der Waals surface area contributed by atoms with Gasteiger partial charge in [-0.05, 0) is 6.92 Å². The highest BCUT2D eigenvalue weighted by atomic mass is 16.6. The summed E-state index contributed by atoms with van der Waals surface area (Å²) in [5.41, 5.74) is 0. The fourth-order valence-corrected chi connectivity index (χ4v) is 0.429. The van der Waals surface area contributed by atoms with E-state index in [4.69, 9.17) is 4.74 Å². The van der Waals surface area contributed by atoms with Crippen LogP contribution in [0.15, 0.2) is 0 Å². The van der Waals surface area contributed by atoms with Crippen LogP contribution in [0.2, 0.25) is 0 Å². The van der Waals surface area contributed by atoms with Gasteiger partial charge in [-0.3, -0.25) is 4.79 Å². The van der Waals surface area contributed by atoms with Crippen LogP contribution in [0.25, 0.3) is 0 Å². The molecular weight excluding hydrogens is 132 g/mol. The molecule has 0 unspecified atom stereocenters. The Morgan fingerprint density at radius 1 is 1.50 bits per heavy atom. The Morgan fingerprint density at radius 2 is 2.20 bits per heavy atom. The zero-order valence-corrected chi connectivity index (χ0v) is 6.42. The Labute approximate surface area is 61.3 Å². The number of carbonyl (C=O) groups is 1. The minimum Gasteiger partial charge on any atom is -0.463 e. The summed E-state index contributed by atoms with van der Waals surface area (Å²) in [5.74, 6) is -0.292. The molecule has 0 atom stereocenters. The van der Waals surface area contributed by atoms with Crippen LogP contribution in [0.5, 0.6) is 0 Å². The second-order valence-corrected chi connectivity index (χ2v) is 1.65. The van der Waals surface area contributed by atoms with Crippen LogP contribution in [-0.4, -0.2) is 25.8 Å². The molecule has 0 aromatic heterocycles. The highest BCUT2D eigenvalue weighted by Gasteiger charge is 1.95. The smallest absolute Gasteiger partial charge is 0.309 e. The second-order valence-electron chi connectivity index (χ2n) is 1.65. The van der Waals surface area contributed by atoms with Gasteiger partial charge < -0.3 is 9.47 Å². The topological polar surface area (TPSA) is 35.5 Å². The van der Waals surface area contributed by atoms with E-state index >= 15 is 0 Å². The molecule has 3 nitrogen and oxygen atoms in total. The molecule has 0 bridgehead atoms. The standard InChI is InChI=1S/C7H13O3/c1-3-7(8)10-6-5-9-4-2/h3H,4-6H2,1-2H3. The zero-order valence-electron chi connectivity index (χ0n) is 6.42. The first-order chi connectivity index (χ1) is 4.81.